The third-order valence-corrected chi connectivity index (χ3v) is 5.14. The van der Waals surface area contributed by atoms with Crippen LogP contribution in [0.5, 0.6) is 0 Å². The number of thiazole rings is 1. The molecule has 4 rings (SSSR count). The second kappa shape index (κ2) is 5.76. The lowest BCUT2D eigenvalue weighted by Crippen LogP contribution is -2.51. The summed E-state index contributed by atoms with van der Waals surface area (Å²) in [4.78, 5) is 31.5. The van der Waals surface area contributed by atoms with E-state index in [0.29, 0.717) is 18.7 Å². The number of amides is 2. The van der Waals surface area contributed by atoms with Crippen molar-refractivity contribution in [2.24, 2.45) is 5.73 Å². The van der Waals surface area contributed by atoms with Crippen LogP contribution in [0.2, 0.25) is 0 Å². The molecule has 0 bridgehead atoms. The number of hydrogen-bond donors (Lipinski definition) is 1. The Labute approximate surface area is 142 Å². The van der Waals surface area contributed by atoms with Gasteiger partial charge in [-0.05, 0) is 11.1 Å². The number of benzene rings is 1. The summed E-state index contributed by atoms with van der Waals surface area (Å²) >= 11 is 1.52. The van der Waals surface area contributed by atoms with E-state index in [9.17, 15) is 9.59 Å². The number of nitrogens with two attached hydrogens (primary N) is 1. The number of fused-ring (bicyclic) bond motifs is 2. The normalized spacial score (nSPS) is 17.0. The van der Waals surface area contributed by atoms with Crippen molar-refractivity contribution in [1.29, 1.82) is 0 Å². The summed E-state index contributed by atoms with van der Waals surface area (Å²) in [5.74, 6) is -0.595. The monoisotopic (exact) mass is 340 g/mol. The smallest absolute Gasteiger partial charge is 0.240 e. The fourth-order valence-corrected chi connectivity index (χ4v) is 3.88. The molecule has 2 amide bonds. The second-order valence-corrected chi connectivity index (χ2v) is 6.79. The van der Waals surface area contributed by atoms with Crippen molar-refractivity contribution < 1.29 is 9.59 Å². The molecule has 0 fully saturated rings. The molecule has 0 spiro atoms. The molecule has 0 saturated carbocycles. The molecule has 0 radical (unpaired) electrons. The summed E-state index contributed by atoms with van der Waals surface area (Å²) in [6, 6.07) is 7.24. The first-order valence-corrected chi connectivity index (χ1v) is 8.56. The SMILES string of the molecule is NC(=O)[C@@H]1Cc2ccccc2CN1C(=O)Cc1cn2ccsc2n1. The predicted molar refractivity (Wildman–Crippen MR) is 90.5 cm³/mol. The Morgan fingerprint density at radius 2 is 2.08 bits per heavy atom. The molecule has 1 aliphatic rings. The van der Waals surface area contributed by atoms with Gasteiger partial charge in [-0.3, -0.25) is 14.0 Å². The third-order valence-electron chi connectivity index (χ3n) is 4.37. The predicted octanol–water partition coefficient (Wildman–Crippen LogP) is 1.38. The first-order valence-electron chi connectivity index (χ1n) is 7.68. The number of hydrogen-bond acceptors (Lipinski definition) is 4. The van der Waals surface area contributed by atoms with E-state index in [1.807, 2.05) is 46.4 Å². The van der Waals surface area contributed by atoms with Crippen molar-refractivity contribution >= 4 is 28.1 Å². The van der Waals surface area contributed by atoms with Crippen LogP contribution >= 0.6 is 11.3 Å². The van der Waals surface area contributed by atoms with E-state index in [4.69, 9.17) is 5.73 Å². The van der Waals surface area contributed by atoms with Crippen LogP contribution in [0.4, 0.5) is 0 Å². The number of aromatic nitrogens is 2. The van der Waals surface area contributed by atoms with Gasteiger partial charge in [0, 0.05) is 30.7 Å². The molecule has 1 aliphatic heterocycles. The summed E-state index contributed by atoms with van der Waals surface area (Å²) in [6.45, 7) is 0.408. The lowest BCUT2D eigenvalue weighted by atomic mass is 9.93. The number of carbonyl (C=O) groups is 2. The molecule has 122 valence electrons. The van der Waals surface area contributed by atoms with E-state index < -0.39 is 11.9 Å². The van der Waals surface area contributed by atoms with Crippen LogP contribution in [0.1, 0.15) is 16.8 Å². The van der Waals surface area contributed by atoms with Gasteiger partial charge < -0.3 is 10.6 Å². The molecule has 7 heteroatoms. The molecular weight excluding hydrogens is 324 g/mol. The Bertz CT molecular complexity index is 901. The summed E-state index contributed by atoms with van der Waals surface area (Å²) in [6.07, 6.45) is 4.39. The Kier molecular flexibility index (Phi) is 3.57. The fourth-order valence-electron chi connectivity index (χ4n) is 3.16. The lowest BCUT2D eigenvalue weighted by Gasteiger charge is -2.35. The molecule has 0 unspecified atom stereocenters. The largest absolute Gasteiger partial charge is 0.368 e. The zero-order valence-corrected chi connectivity index (χ0v) is 13.7. The number of primary amides is 1. The topological polar surface area (TPSA) is 80.7 Å². The van der Waals surface area contributed by atoms with Crippen LogP contribution in [-0.2, 0) is 29.0 Å². The maximum absolute atomic E-state index is 12.8. The summed E-state index contributed by atoms with van der Waals surface area (Å²) in [5, 5.41) is 1.94. The fraction of sp³-hybridized carbons (Fsp3) is 0.235. The Balaban J connectivity index is 1.59. The van der Waals surface area contributed by atoms with Crippen molar-refractivity contribution in [1.82, 2.24) is 14.3 Å². The number of rotatable bonds is 3. The first kappa shape index (κ1) is 14.9. The first-order chi connectivity index (χ1) is 11.6. The minimum atomic E-state index is -0.601. The minimum absolute atomic E-state index is 0.126. The molecule has 6 nitrogen and oxygen atoms in total. The zero-order chi connectivity index (χ0) is 16.7. The van der Waals surface area contributed by atoms with Crippen LogP contribution in [0.15, 0.2) is 42.0 Å². The molecule has 24 heavy (non-hydrogen) atoms. The molecule has 1 atom stereocenters. The molecule has 0 aliphatic carbocycles. The average Bonchev–Trinajstić information content (AvgIpc) is 3.14. The van der Waals surface area contributed by atoms with Crippen LogP contribution in [0.3, 0.4) is 0 Å². The highest BCUT2D eigenvalue weighted by Crippen LogP contribution is 2.24. The quantitative estimate of drug-likeness (QED) is 0.782. The molecular formula is C17H16N4O2S. The van der Waals surface area contributed by atoms with Crippen molar-refractivity contribution in [3.63, 3.8) is 0 Å². The molecule has 2 N–H and O–H groups in total. The average molecular weight is 340 g/mol. The lowest BCUT2D eigenvalue weighted by molar-refractivity contribution is -0.140. The molecule has 3 aromatic rings. The Morgan fingerprint density at radius 1 is 1.29 bits per heavy atom. The number of imidazole rings is 1. The number of nitrogens with zero attached hydrogens (tertiary/aromatic N) is 3. The second-order valence-electron chi connectivity index (χ2n) is 5.91. The summed E-state index contributed by atoms with van der Waals surface area (Å²) < 4.78 is 1.89. The molecule has 1 aromatic carbocycles. The van der Waals surface area contributed by atoms with Gasteiger partial charge in [0.25, 0.3) is 0 Å². The maximum Gasteiger partial charge on any atom is 0.240 e. The van der Waals surface area contributed by atoms with E-state index >= 15 is 0 Å². The van der Waals surface area contributed by atoms with Gasteiger partial charge in [-0.1, -0.05) is 24.3 Å². The van der Waals surface area contributed by atoms with Crippen molar-refractivity contribution in [2.75, 3.05) is 0 Å². The molecule has 2 aromatic heterocycles. The van der Waals surface area contributed by atoms with E-state index in [2.05, 4.69) is 4.98 Å². The Morgan fingerprint density at radius 3 is 2.83 bits per heavy atom. The summed E-state index contributed by atoms with van der Waals surface area (Å²) in [5.41, 5.74) is 8.38. The van der Waals surface area contributed by atoms with Gasteiger partial charge in [-0.15, -0.1) is 11.3 Å². The highest BCUT2D eigenvalue weighted by atomic mass is 32.1. The van der Waals surface area contributed by atoms with Crippen LogP contribution < -0.4 is 5.73 Å². The molecule has 3 heterocycles. The van der Waals surface area contributed by atoms with Crippen molar-refractivity contribution in [2.45, 2.75) is 25.4 Å². The minimum Gasteiger partial charge on any atom is -0.368 e. The zero-order valence-electron chi connectivity index (χ0n) is 12.9. The Hall–Kier alpha value is -2.67. The highest BCUT2D eigenvalue weighted by Gasteiger charge is 2.33. The van der Waals surface area contributed by atoms with Crippen LogP contribution in [0.25, 0.3) is 4.96 Å². The van der Waals surface area contributed by atoms with Crippen molar-refractivity contribution in [3.05, 3.63) is 58.9 Å². The van der Waals surface area contributed by atoms with Gasteiger partial charge in [0.1, 0.15) is 6.04 Å². The van der Waals surface area contributed by atoms with Crippen LogP contribution in [0, 0.1) is 0 Å². The van der Waals surface area contributed by atoms with Gasteiger partial charge in [0.05, 0.1) is 12.1 Å². The standard InChI is InChI=1S/C17H16N4O2S/c18-16(23)14-7-11-3-1-2-4-12(11)9-21(14)15(22)8-13-10-20-5-6-24-17(20)19-13/h1-6,10,14H,7-9H2,(H2,18,23)/t14-/m0/s1. The van der Waals surface area contributed by atoms with Crippen LogP contribution in [-0.4, -0.2) is 32.1 Å². The maximum atomic E-state index is 12.8. The van der Waals surface area contributed by atoms with E-state index in [1.54, 1.807) is 4.90 Å². The van der Waals surface area contributed by atoms with Crippen molar-refractivity contribution in [3.8, 4) is 0 Å². The molecule has 0 saturated heterocycles. The summed E-state index contributed by atoms with van der Waals surface area (Å²) in [7, 11) is 0. The highest BCUT2D eigenvalue weighted by molar-refractivity contribution is 7.15. The van der Waals surface area contributed by atoms with E-state index in [0.717, 1.165) is 16.1 Å². The van der Waals surface area contributed by atoms with Gasteiger partial charge in [-0.2, -0.15) is 0 Å². The van der Waals surface area contributed by atoms with E-state index in [-0.39, 0.29) is 12.3 Å². The van der Waals surface area contributed by atoms with Gasteiger partial charge >= 0.3 is 0 Å². The van der Waals surface area contributed by atoms with Gasteiger partial charge in [0.15, 0.2) is 4.96 Å². The third kappa shape index (κ3) is 2.56. The number of carbonyl (C=O) groups excluding carboxylic acids is 2. The van der Waals surface area contributed by atoms with Gasteiger partial charge in [-0.25, -0.2) is 4.98 Å². The van der Waals surface area contributed by atoms with Gasteiger partial charge in [0.2, 0.25) is 11.8 Å². The van der Waals surface area contributed by atoms with E-state index in [1.165, 1.54) is 11.3 Å².